The lowest BCUT2D eigenvalue weighted by Crippen LogP contribution is -2.40. The zero-order valence-electron chi connectivity index (χ0n) is 14.7. The second kappa shape index (κ2) is 6.35. The summed E-state index contributed by atoms with van der Waals surface area (Å²) in [6.45, 7) is 3.50. The van der Waals surface area contributed by atoms with Crippen molar-refractivity contribution < 1.29 is 4.79 Å². The second-order valence-electron chi connectivity index (χ2n) is 6.97. The molecule has 130 valence electrons. The molecule has 0 bridgehead atoms. The molecule has 1 fully saturated rings. The Kier molecular flexibility index (Phi) is 4.03. The summed E-state index contributed by atoms with van der Waals surface area (Å²) in [5, 5.41) is 4.29. The number of nitrogens with zero attached hydrogens (tertiary/aromatic N) is 4. The van der Waals surface area contributed by atoms with Crippen LogP contribution in [0.2, 0.25) is 0 Å². The number of fused-ring (bicyclic) bond motifs is 1. The minimum Gasteiger partial charge on any atom is -0.342 e. The first-order chi connectivity index (χ1) is 12.1. The zero-order valence-corrected chi connectivity index (χ0v) is 14.7. The summed E-state index contributed by atoms with van der Waals surface area (Å²) in [5.41, 5.74) is 3.60. The summed E-state index contributed by atoms with van der Waals surface area (Å²) in [6, 6.07) is 8.09. The van der Waals surface area contributed by atoms with Gasteiger partial charge in [0, 0.05) is 32.8 Å². The molecule has 0 aliphatic carbocycles. The van der Waals surface area contributed by atoms with E-state index < -0.39 is 0 Å². The van der Waals surface area contributed by atoms with Crippen LogP contribution in [0.25, 0.3) is 11.0 Å². The van der Waals surface area contributed by atoms with Crippen molar-refractivity contribution in [3.63, 3.8) is 0 Å². The summed E-state index contributed by atoms with van der Waals surface area (Å²) in [6.07, 6.45) is 4.87. The number of imidazole rings is 1. The third-order valence-electron chi connectivity index (χ3n) is 4.97. The van der Waals surface area contributed by atoms with Gasteiger partial charge in [0.15, 0.2) is 0 Å². The number of para-hydroxylation sites is 2. The number of carbonyl (C=O) groups excluding carboxylic acids is 1. The quantitative estimate of drug-likeness (QED) is 0.799. The largest absolute Gasteiger partial charge is 0.342 e. The first-order valence-electron chi connectivity index (χ1n) is 8.83. The Morgan fingerprint density at radius 1 is 1.36 bits per heavy atom. The number of H-pyrrole nitrogens is 1. The Balaban J connectivity index is 1.47. The maximum Gasteiger partial charge on any atom is 0.257 e. The van der Waals surface area contributed by atoms with Crippen LogP contribution in [0.4, 0.5) is 0 Å². The number of carbonyl (C=O) groups is 1. The summed E-state index contributed by atoms with van der Waals surface area (Å²) in [7, 11) is 1.85. The van der Waals surface area contributed by atoms with Gasteiger partial charge in [0.05, 0.1) is 22.3 Å². The van der Waals surface area contributed by atoms with Gasteiger partial charge in [-0.2, -0.15) is 5.10 Å². The van der Waals surface area contributed by atoms with Crippen LogP contribution in [0.15, 0.2) is 30.5 Å². The number of benzene rings is 1. The molecule has 1 saturated heterocycles. The highest BCUT2D eigenvalue weighted by molar-refractivity contribution is 5.95. The van der Waals surface area contributed by atoms with E-state index in [4.69, 9.17) is 0 Å². The number of aromatic amines is 1. The van der Waals surface area contributed by atoms with Gasteiger partial charge in [-0.25, -0.2) is 4.98 Å². The highest BCUT2D eigenvalue weighted by Gasteiger charge is 2.27. The van der Waals surface area contributed by atoms with Crippen LogP contribution in [-0.2, 0) is 13.5 Å². The first kappa shape index (κ1) is 15.9. The predicted octanol–water partition coefficient (Wildman–Crippen LogP) is 2.70. The van der Waals surface area contributed by atoms with Gasteiger partial charge in [-0.15, -0.1) is 0 Å². The smallest absolute Gasteiger partial charge is 0.257 e. The number of likely N-dealkylation sites (tertiary alicyclic amines) is 1. The van der Waals surface area contributed by atoms with E-state index >= 15 is 0 Å². The minimum absolute atomic E-state index is 0.0971. The van der Waals surface area contributed by atoms with Crippen LogP contribution in [0, 0.1) is 12.8 Å². The summed E-state index contributed by atoms with van der Waals surface area (Å²) in [5.74, 6) is 1.55. The lowest BCUT2D eigenvalue weighted by atomic mass is 9.94. The molecule has 0 spiro atoms. The fourth-order valence-corrected chi connectivity index (χ4v) is 3.77. The third-order valence-corrected chi connectivity index (χ3v) is 4.97. The number of hydrogen-bond acceptors (Lipinski definition) is 3. The van der Waals surface area contributed by atoms with Crippen molar-refractivity contribution in [2.24, 2.45) is 13.0 Å². The summed E-state index contributed by atoms with van der Waals surface area (Å²) < 4.78 is 1.71. The van der Waals surface area contributed by atoms with E-state index in [0.717, 1.165) is 54.9 Å². The fourth-order valence-electron chi connectivity index (χ4n) is 3.77. The van der Waals surface area contributed by atoms with Crippen LogP contribution in [-0.4, -0.2) is 43.6 Å². The van der Waals surface area contributed by atoms with E-state index in [-0.39, 0.29) is 5.91 Å². The van der Waals surface area contributed by atoms with Gasteiger partial charge in [0.25, 0.3) is 5.91 Å². The summed E-state index contributed by atoms with van der Waals surface area (Å²) in [4.78, 5) is 22.9. The maximum atomic E-state index is 12.8. The standard InChI is InChI=1S/C19H23N5O/c1-13-15(12-23(2)22-13)19(25)24-9-5-6-14(11-24)10-18-20-16-7-3-4-8-17(16)21-18/h3-4,7-8,12,14H,5-6,9-11H2,1-2H3,(H,20,21). The number of aromatic nitrogens is 4. The van der Waals surface area contributed by atoms with E-state index in [1.807, 2.05) is 49.3 Å². The van der Waals surface area contributed by atoms with Crippen molar-refractivity contribution in [1.29, 1.82) is 0 Å². The average Bonchev–Trinajstić information content (AvgIpc) is 3.16. The normalized spacial score (nSPS) is 18.0. The Bertz CT molecular complexity index is 877. The van der Waals surface area contributed by atoms with Crippen molar-refractivity contribution >= 4 is 16.9 Å². The Hall–Kier alpha value is -2.63. The van der Waals surface area contributed by atoms with E-state index in [1.165, 1.54) is 0 Å². The van der Waals surface area contributed by atoms with Crippen molar-refractivity contribution in [2.45, 2.75) is 26.2 Å². The van der Waals surface area contributed by atoms with Gasteiger partial charge in [0.2, 0.25) is 0 Å². The van der Waals surface area contributed by atoms with E-state index in [1.54, 1.807) is 4.68 Å². The fraction of sp³-hybridized carbons (Fsp3) is 0.421. The van der Waals surface area contributed by atoms with Gasteiger partial charge in [-0.05, 0) is 37.8 Å². The Morgan fingerprint density at radius 3 is 2.96 bits per heavy atom. The molecule has 6 heteroatoms. The van der Waals surface area contributed by atoms with Crippen LogP contribution in [0.5, 0.6) is 0 Å². The van der Waals surface area contributed by atoms with Crippen LogP contribution >= 0.6 is 0 Å². The topological polar surface area (TPSA) is 66.8 Å². The van der Waals surface area contributed by atoms with E-state index in [9.17, 15) is 4.79 Å². The van der Waals surface area contributed by atoms with Gasteiger partial charge < -0.3 is 9.88 Å². The molecular formula is C19H23N5O. The molecule has 1 aliphatic heterocycles. The maximum absolute atomic E-state index is 12.8. The summed E-state index contributed by atoms with van der Waals surface area (Å²) >= 11 is 0. The van der Waals surface area contributed by atoms with Crippen LogP contribution in [0.3, 0.4) is 0 Å². The first-order valence-corrected chi connectivity index (χ1v) is 8.83. The molecule has 3 aromatic rings. The number of nitrogens with one attached hydrogen (secondary N) is 1. The molecule has 1 aliphatic rings. The molecule has 1 aromatic carbocycles. The van der Waals surface area contributed by atoms with E-state index in [2.05, 4.69) is 15.1 Å². The molecule has 25 heavy (non-hydrogen) atoms. The van der Waals surface area contributed by atoms with Gasteiger partial charge in [-0.1, -0.05) is 12.1 Å². The van der Waals surface area contributed by atoms with Gasteiger partial charge in [0.1, 0.15) is 5.82 Å². The second-order valence-corrected chi connectivity index (χ2v) is 6.97. The highest BCUT2D eigenvalue weighted by Crippen LogP contribution is 2.23. The molecule has 3 heterocycles. The number of amides is 1. The van der Waals surface area contributed by atoms with Crippen molar-refractivity contribution in [1.82, 2.24) is 24.6 Å². The van der Waals surface area contributed by atoms with Crippen molar-refractivity contribution in [3.8, 4) is 0 Å². The zero-order chi connectivity index (χ0) is 17.4. The molecule has 1 N–H and O–H groups in total. The SMILES string of the molecule is Cc1nn(C)cc1C(=O)N1CCCC(Cc2nc3ccccc3[nH]2)C1. The van der Waals surface area contributed by atoms with Gasteiger partial charge >= 0.3 is 0 Å². The molecule has 4 rings (SSSR count). The van der Waals surface area contributed by atoms with Crippen molar-refractivity contribution in [2.75, 3.05) is 13.1 Å². The Labute approximate surface area is 146 Å². The molecule has 1 atom stereocenters. The van der Waals surface area contributed by atoms with Crippen LogP contribution in [0.1, 0.15) is 34.7 Å². The number of piperidine rings is 1. The average molecular weight is 337 g/mol. The number of hydrogen-bond donors (Lipinski definition) is 1. The third kappa shape index (κ3) is 3.16. The molecular weight excluding hydrogens is 314 g/mol. The lowest BCUT2D eigenvalue weighted by molar-refractivity contribution is 0.0671. The predicted molar refractivity (Wildman–Crippen MR) is 96.4 cm³/mol. The molecule has 1 amide bonds. The van der Waals surface area contributed by atoms with E-state index in [0.29, 0.717) is 11.5 Å². The monoisotopic (exact) mass is 337 g/mol. The Morgan fingerprint density at radius 2 is 2.20 bits per heavy atom. The molecule has 0 radical (unpaired) electrons. The number of rotatable bonds is 3. The molecule has 0 saturated carbocycles. The molecule has 2 aromatic heterocycles. The number of aryl methyl sites for hydroxylation is 2. The minimum atomic E-state index is 0.0971. The van der Waals surface area contributed by atoms with Crippen molar-refractivity contribution in [3.05, 3.63) is 47.5 Å². The molecule has 6 nitrogen and oxygen atoms in total. The highest BCUT2D eigenvalue weighted by atomic mass is 16.2. The van der Waals surface area contributed by atoms with Crippen LogP contribution < -0.4 is 0 Å². The molecule has 1 unspecified atom stereocenters. The lowest BCUT2D eigenvalue weighted by Gasteiger charge is -2.32. The van der Waals surface area contributed by atoms with Gasteiger partial charge in [-0.3, -0.25) is 9.48 Å².